The van der Waals surface area contributed by atoms with E-state index in [0.717, 1.165) is 0 Å². The molecule has 0 aliphatic heterocycles. The summed E-state index contributed by atoms with van der Waals surface area (Å²) in [7, 11) is 1.52. The van der Waals surface area contributed by atoms with E-state index >= 15 is 0 Å². The molecule has 0 aliphatic carbocycles. The maximum absolute atomic E-state index is 12.4. The molecule has 1 atom stereocenters. The topological polar surface area (TPSA) is 119 Å². The third-order valence-electron chi connectivity index (χ3n) is 4.13. The van der Waals surface area contributed by atoms with Gasteiger partial charge in [0.1, 0.15) is 18.3 Å². The van der Waals surface area contributed by atoms with Gasteiger partial charge in [0.2, 0.25) is 0 Å². The van der Waals surface area contributed by atoms with Gasteiger partial charge in [-0.25, -0.2) is 0 Å². The number of rotatable bonds is 7. The molecule has 0 saturated carbocycles. The molecule has 29 heavy (non-hydrogen) atoms. The number of carbonyl (C=O) groups is 3. The highest BCUT2D eigenvalue weighted by Crippen LogP contribution is 2.12. The fourth-order valence-electron chi connectivity index (χ4n) is 2.50. The lowest BCUT2D eigenvalue weighted by molar-refractivity contribution is -0.130. The Labute approximate surface area is 168 Å². The molecule has 1 aromatic heterocycles. The lowest BCUT2D eigenvalue weighted by Crippen LogP contribution is -2.54. The SMILES string of the molecule is COc1ccc(C(=O)N[C@H](C(=O)NNC(=O)Cn2ccccc2=O)C(C)C)cc1. The number of pyridine rings is 1. The number of hydrogen-bond donors (Lipinski definition) is 3. The van der Waals surface area contributed by atoms with E-state index < -0.39 is 23.8 Å². The number of amides is 3. The van der Waals surface area contributed by atoms with E-state index in [4.69, 9.17) is 4.74 Å². The Hall–Kier alpha value is -3.62. The van der Waals surface area contributed by atoms with Crippen molar-refractivity contribution < 1.29 is 19.1 Å². The zero-order valence-electron chi connectivity index (χ0n) is 16.5. The van der Waals surface area contributed by atoms with Crippen molar-refractivity contribution in [1.82, 2.24) is 20.7 Å². The minimum absolute atomic E-state index is 0.231. The van der Waals surface area contributed by atoms with Gasteiger partial charge < -0.3 is 14.6 Å². The summed E-state index contributed by atoms with van der Waals surface area (Å²) in [5, 5.41) is 2.65. The van der Waals surface area contributed by atoms with E-state index in [9.17, 15) is 19.2 Å². The molecule has 3 N–H and O–H groups in total. The Morgan fingerprint density at radius 3 is 2.31 bits per heavy atom. The average Bonchev–Trinajstić information content (AvgIpc) is 2.71. The summed E-state index contributed by atoms with van der Waals surface area (Å²) in [6.07, 6.45) is 1.47. The normalized spacial score (nSPS) is 11.4. The fraction of sp³-hybridized carbons (Fsp3) is 0.300. The number of benzene rings is 1. The molecule has 0 unspecified atom stereocenters. The van der Waals surface area contributed by atoms with Gasteiger partial charge in [0.25, 0.3) is 23.3 Å². The highest BCUT2D eigenvalue weighted by Gasteiger charge is 2.25. The van der Waals surface area contributed by atoms with Crippen molar-refractivity contribution in [3.63, 3.8) is 0 Å². The molecule has 3 amide bonds. The molecule has 0 radical (unpaired) electrons. The summed E-state index contributed by atoms with van der Waals surface area (Å²) in [6.45, 7) is 3.29. The van der Waals surface area contributed by atoms with Gasteiger partial charge in [-0.2, -0.15) is 0 Å². The Kier molecular flexibility index (Phi) is 7.53. The molecule has 0 aliphatic rings. The Morgan fingerprint density at radius 1 is 1.03 bits per heavy atom. The second-order valence-electron chi connectivity index (χ2n) is 6.63. The number of nitrogens with zero attached hydrogens (tertiary/aromatic N) is 1. The van der Waals surface area contributed by atoms with E-state index in [1.165, 1.54) is 23.9 Å². The first-order valence-electron chi connectivity index (χ1n) is 9.01. The largest absolute Gasteiger partial charge is 0.497 e. The lowest BCUT2D eigenvalue weighted by Gasteiger charge is -2.22. The van der Waals surface area contributed by atoms with Crippen LogP contribution < -0.4 is 26.5 Å². The molecule has 9 heteroatoms. The van der Waals surface area contributed by atoms with Crippen molar-refractivity contribution in [3.05, 3.63) is 64.6 Å². The van der Waals surface area contributed by atoms with Gasteiger partial charge in [-0.1, -0.05) is 19.9 Å². The molecule has 2 rings (SSSR count). The van der Waals surface area contributed by atoms with Crippen molar-refractivity contribution in [1.29, 1.82) is 0 Å². The van der Waals surface area contributed by atoms with E-state index in [-0.39, 0.29) is 18.0 Å². The summed E-state index contributed by atoms with van der Waals surface area (Å²) in [6, 6.07) is 10.1. The molecule has 154 valence electrons. The van der Waals surface area contributed by atoms with Crippen molar-refractivity contribution >= 4 is 17.7 Å². The van der Waals surface area contributed by atoms with Crippen molar-refractivity contribution in [2.75, 3.05) is 7.11 Å². The van der Waals surface area contributed by atoms with E-state index in [1.54, 1.807) is 50.2 Å². The Bertz CT molecular complexity index is 921. The van der Waals surface area contributed by atoms with Crippen LogP contribution in [0.3, 0.4) is 0 Å². The molecule has 1 aromatic carbocycles. The quantitative estimate of drug-likeness (QED) is 0.584. The zero-order chi connectivity index (χ0) is 21.4. The van der Waals surface area contributed by atoms with Gasteiger partial charge >= 0.3 is 0 Å². The van der Waals surface area contributed by atoms with Gasteiger partial charge in [0, 0.05) is 17.8 Å². The number of hydrogen-bond acceptors (Lipinski definition) is 5. The average molecular weight is 400 g/mol. The summed E-state index contributed by atoms with van der Waals surface area (Å²) in [5.74, 6) is -1.19. The van der Waals surface area contributed by atoms with Crippen molar-refractivity contribution in [2.45, 2.75) is 26.4 Å². The molecule has 2 aromatic rings. The minimum atomic E-state index is -0.871. The number of ether oxygens (including phenoxy) is 1. The minimum Gasteiger partial charge on any atom is -0.497 e. The number of hydrazine groups is 1. The Morgan fingerprint density at radius 2 is 1.72 bits per heavy atom. The van der Waals surface area contributed by atoms with Crippen LogP contribution in [-0.2, 0) is 16.1 Å². The van der Waals surface area contributed by atoms with Gasteiger partial charge in [0.05, 0.1) is 7.11 Å². The second-order valence-corrected chi connectivity index (χ2v) is 6.63. The second kappa shape index (κ2) is 10.1. The maximum Gasteiger partial charge on any atom is 0.261 e. The molecule has 0 spiro atoms. The first-order valence-corrected chi connectivity index (χ1v) is 9.01. The zero-order valence-corrected chi connectivity index (χ0v) is 16.5. The van der Waals surface area contributed by atoms with Gasteiger partial charge in [0.15, 0.2) is 0 Å². The predicted octanol–water partition coefficient (Wildman–Crippen LogP) is 0.459. The van der Waals surface area contributed by atoms with Crippen LogP contribution >= 0.6 is 0 Å². The molecule has 9 nitrogen and oxygen atoms in total. The van der Waals surface area contributed by atoms with Gasteiger partial charge in [-0.15, -0.1) is 0 Å². The summed E-state index contributed by atoms with van der Waals surface area (Å²) >= 11 is 0. The smallest absolute Gasteiger partial charge is 0.261 e. The third-order valence-corrected chi connectivity index (χ3v) is 4.13. The summed E-state index contributed by atoms with van der Waals surface area (Å²) in [5.41, 5.74) is 4.58. The van der Waals surface area contributed by atoms with E-state index in [2.05, 4.69) is 16.2 Å². The fourth-order valence-corrected chi connectivity index (χ4v) is 2.50. The van der Waals surface area contributed by atoms with Crippen LogP contribution in [0.2, 0.25) is 0 Å². The molecule has 0 saturated heterocycles. The number of aromatic nitrogens is 1. The van der Waals surface area contributed by atoms with E-state index in [1.807, 2.05) is 0 Å². The van der Waals surface area contributed by atoms with Crippen LogP contribution in [0.25, 0.3) is 0 Å². The summed E-state index contributed by atoms with van der Waals surface area (Å²) < 4.78 is 6.25. The molecule has 1 heterocycles. The number of nitrogens with one attached hydrogen (secondary N) is 3. The summed E-state index contributed by atoms with van der Waals surface area (Å²) in [4.78, 5) is 48.5. The standard InChI is InChI=1S/C20H24N4O5/c1-13(2)18(21-19(27)14-7-9-15(29-3)10-8-14)20(28)23-22-16(25)12-24-11-5-4-6-17(24)26/h4-11,13,18H,12H2,1-3H3,(H,21,27)(H,22,25)(H,23,28)/t18-/m0/s1. The highest BCUT2D eigenvalue weighted by molar-refractivity contribution is 5.98. The van der Waals surface area contributed by atoms with Crippen LogP contribution in [0.5, 0.6) is 5.75 Å². The van der Waals surface area contributed by atoms with Crippen LogP contribution in [0.15, 0.2) is 53.5 Å². The van der Waals surface area contributed by atoms with Crippen LogP contribution in [-0.4, -0.2) is 35.4 Å². The monoisotopic (exact) mass is 400 g/mol. The van der Waals surface area contributed by atoms with Crippen LogP contribution in [0.1, 0.15) is 24.2 Å². The first kappa shape index (κ1) is 21.7. The van der Waals surface area contributed by atoms with Gasteiger partial charge in [-0.05, 0) is 36.2 Å². The van der Waals surface area contributed by atoms with Crippen LogP contribution in [0.4, 0.5) is 0 Å². The third kappa shape index (κ3) is 6.20. The molecular weight excluding hydrogens is 376 g/mol. The van der Waals surface area contributed by atoms with Crippen molar-refractivity contribution in [2.24, 2.45) is 5.92 Å². The number of carbonyl (C=O) groups excluding carboxylic acids is 3. The van der Waals surface area contributed by atoms with Crippen molar-refractivity contribution in [3.8, 4) is 5.75 Å². The van der Waals surface area contributed by atoms with E-state index in [0.29, 0.717) is 11.3 Å². The van der Waals surface area contributed by atoms with Crippen LogP contribution in [0, 0.1) is 5.92 Å². The Balaban J connectivity index is 1.94. The highest BCUT2D eigenvalue weighted by atomic mass is 16.5. The first-order chi connectivity index (χ1) is 13.8. The molecule has 0 bridgehead atoms. The lowest BCUT2D eigenvalue weighted by atomic mass is 10.0. The maximum atomic E-state index is 12.4. The molecule has 0 fully saturated rings. The predicted molar refractivity (Wildman–Crippen MR) is 106 cm³/mol. The molecular formula is C20H24N4O5. The van der Waals surface area contributed by atoms with Gasteiger partial charge in [-0.3, -0.25) is 30.0 Å². The number of methoxy groups -OCH3 is 1.